The van der Waals surface area contributed by atoms with Gasteiger partial charge in [-0.2, -0.15) is 0 Å². The van der Waals surface area contributed by atoms with Gasteiger partial charge in [-0.15, -0.1) is 0 Å². The van der Waals surface area contributed by atoms with E-state index in [0.29, 0.717) is 13.1 Å². The molecule has 0 aromatic heterocycles. The van der Waals surface area contributed by atoms with Gasteiger partial charge < -0.3 is 15.8 Å². The van der Waals surface area contributed by atoms with Crippen molar-refractivity contribution < 1.29 is 9.53 Å². The summed E-state index contributed by atoms with van der Waals surface area (Å²) in [5, 5.41) is 5.05. The number of carbonyl (C=O) groups is 1. The maximum absolute atomic E-state index is 11.8. The zero-order chi connectivity index (χ0) is 15.2. The van der Waals surface area contributed by atoms with E-state index < -0.39 is 6.10 Å². The van der Waals surface area contributed by atoms with E-state index in [2.05, 4.69) is 17.4 Å². The first-order chi connectivity index (χ1) is 10.2. The Bertz CT molecular complexity index is 625. The molecule has 21 heavy (non-hydrogen) atoms. The van der Waals surface area contributed by atoms with Crippen LogP contribution < -0.4 is 15.8 Å². The number of fused-ring (bicyclic) bond motifs is 1. The molecule has 0 aliphatic rings. The Morgan fingerprint density at radius 3 is 2.76 bits per heavy atom. The highest BCUT2D eigenvalue weighted by Crippen LogP contribution is 2.29. The summed E-state index contributed by atoms with van der Waals surface area (Å²) in [6.45, 7) is 4.78. The fourth-order valence-corrected chi connectivity index (χ4v) is 2.39. The normalized spacial score (nSPS) is 12.1. The molecular weight excluding hydrogens is 264 g/mol. The predicted octanol–water partition coefficient (Wildman–Crippen LogP) is 2.24. The molecular formula is C17H22N2O2. The fraction of sp³-hybridized carbons (Fsp3) is 0.353. The van der Waals surface area contributed by atoms with Crippen LogP contribution in [0.15, 0.2) is 36.4 Å². The standard InChI is InChI=1S/C17H22N2O2/c1-3-19-17(20)12(2)21-16-9-8-13-6-4-5-7-14(13)15(16)10-11-18/h4-9,12H,3,10-11,18H2,1-2H3,(H,19,20). The summed E-state index contributed by atoms with van der Waals surface area (Å²) in [6.07, 6.45) is 0.196. The van der Waals surface area contributed by atoms with E-state index in [0.717, 1.165) is 28.5 Å². The summed E-state index contributed by atoms with van der Waals surface area (Å²) < 4.78 is 5.85. The Morgan fingerprint density at radius 2 is 2.05 bits per heavy atom. The second-order valence-electron chi connectivity index (χ2n) is 4.96. The van der Waals surface area contributed by atoms with Crippen LogP contribution in [0.2, 0.25) is 0 Å². The Morgan fingerprint density at radius 1 is 1.29 bits per heavy atom. The number of carbonyl (C=O) groups excluding carboxylic acids is 1. The average Bonchev–Trinajstić information content (AvgIpc) is 2.50. The van der Waals surface area contributed by atoms with Crippen molar-refractivity contribution in [2.24, 2.45) is 5.73 Å². The van der Waals surface area contributed by atoms with E-state index in [-0.39, 0.29) is 5.91 Å². The first-order valence-electron chi connectivity index (χ1n) is 7.32. The maximum atomic E-state index is 11.8. The summed E-state index contributed by atoms with van der Waals surface area (Å²) in [7, 11) is 0. The SMILES string of the molecule is CCNC(=O)C(C)Oc1ccc2ccccc2c1CCN. The third-order valence-electron chi connectivity index (χ3n) is 3.42. The fourth-order valence-electron chi connectivity index (χ4n) is 2.39. The Labute approximate surface area is 125 Å². The van der Waals surface area contributed by atoms with E-state index in [1.807, 2.05) is 31.2 Å². The van der Waals surface area contributed by atoms with Crippen LogP contribution in [0.3, 0.4) is 0 Å². The second-order valence-corrected chi connectivity index (χ2v) is 4.96. The number of likely N-dealkylation sites (N-methyl/N-ethyl adjacent to an activating group) is 1. The van der Waals surface area contributed by atoms with Gasteiger partial charge in [-0.3, -0.25) is 4.79 Å². The van der Waals surface area contributed by atoms with Gasteiger partial charge in [-0.25, -0.2) is 0 Å². The molecule has 0 spiro atoms. The van der Waals surface area contributed by atoms with Gasteiger partial charge in [-0.05, 0) is 43.7 Å². The Kier molecular flexibility index (Phi) is 5.17. The molecule has 0 aliphatic heterocycles. The minimum atomic E-state index is -0.525. The van der Waals surface area contributed by atoms with Crippen molar-refractivity contribution in [1.29, 1.82) is 0 Å². The molecule has 0 bridgehead atoms. The number of benzene rings is 2. The lowest BCUT2D eigenvalue weighted by Crippen LogP contribution is -2.36. The summed E-state index contributed by atoms with van der Waals surface area (Å²) in [4.78, 5) is 11.8. The van der Waals surface area contributed by atoms with Gasteiger partial charge in [0, 0.05) is 12.1 Å². The summed E-state index contributed by atoms with van der Waals surface area (Å²) in [5.74, 6) is 0.627. The lowest BCUT2D eigenvalue weighted by atomic mass is 10.0. The summed E-state index contributed by atoms with van der Waals surface area (Å²) in [6, 6.07) is 12.1. The molecule has 2 aromatic carbocycles. The molecule has 0 saturated heterocycles. The topological polar surface area (TPSA) is 64.3 Å². The van der Waals surface area contributed by atoms with Crippen LogP contribution in [0, 0.1) is 0 Å². The molecule has 0 fully saturated rings. The molecule has 3 N–H and O–H groups in total. The van der Waals surface area contributed by atoms with E-state index in [9.17, 15) is 4.79 Å². The van der Waals surface area contributed by atoms with Crippen LogP contribution in [-0.4, -0.2) is 25.1 Å². The van der Waals surface area contributed by atoms with Crippen LogP contribution >= 0.6 is 0 Å². The molecule has 4 nitrogen and oxygen atoms in total. The molecule has 4 heteroatoms. The third-order valence-corrected chi connectivity index (χ3v) is 3.42. The quantitative estimate of drug-likeness (QED) is 0.856. The van der Waals surface area contributed by atoms with Gasteiger partial charge in [-0.1, -0.05) is 30.3 Å². The number of hydrogen-bond acceptors (Lipinski definition) is 3. The molecule has 0 heterocycles. The highest BCUT2D eigenvalue weighted by atomic mass is 16.5. The van der Waals surface area contributed by atoms with Crippen molar-refractivity contribution in [3.05, 3.63) is 42.0 Å². The molecule has 1 atom stereocenters. The van der Waals surface area contributed by atoms with Gasteiger partial charge in [0.15, 0.2) is 6.10 Å². The van der Waals surface area contributed by atoms with Crippen molar-refractivity contribution in [1.82, 2.24) is 5.32 Å². The van der Waals surface area contributed by atoms with Crippen LogP contribution in [-0.2, 0) is 11.2 Å². The largest absolute Gasteiger partial charge is 0.481 e. The van der Waals surface area contributed by atoms with E-state index in [1.54, 1.807) is 6.92 Å². The van der Waals surface area contributed by atoms with Gasteiger partial charge >= 0.3 is 0 Å². The lowest BCUT2D eigenvalue weighted by Gasteiger charge is -2.18. The molecule has 2 aromatic rings. The predicted molar refractivity (Wildman–Crippen MR) is 85.5 cm³/mol. The Balaban J connectivity index is 2.34. The number of ether oxygens (including phenoxy) is 1. The minimum Gasteiger partial charge on any atom is -0.481 e. The molecule has 1 unspecified atom stereocenters. The van der Waals surface area contributed by atoms with E-state index in [4.69, 9.17) is 10.5 Å². The van der Waals surface area contributed by atoms with Crippen LogP contribution in [0.1, 0.15) is 19.4 Å². The van der Waals surface area contributed by atoms with Crippen molar-refractivity contribution in [2.45, 2.75) is 26.4 Å². The maximum Gasteiger partial charge on any atom is 0.260 e. The number of rotatable bonds is 6. The highest BCUT2D eigenvalue weighted by molar-refractivity contribution is 5.88. The second kappa shape index (κ2) is 7.09. The molecule has 2 rings (SSSR count). The first kappa shape index (κ1) is 15.3. The van der Waals surface area contributed by atoms with Crippen molar-refractivity contribution >= 4 is 16.7 Å². The van der Waals surface area contributed by atoms with Gasteiger partial charge in [0.1, 0.15) is 5.75 Å². The molecule has 0 saturated carbocycles. The smallest absolute Gasteiger partial charge is 0.260 e. The average molecular weight is 286 g/mol. The monoisotopic (exact) mass is 286 g/mol. The number of nitrogens with one attached hydrogen (secondary N) is 1. The molecule has 112 valence electrons. The highest BCUT2D eigenvalue weighted by Gasteiger charge is 2.16. The van der Waals surface area contributed by atoms with Gasteiger partial charge in [0.25, 0.3) is 5.91 Å². The first-order valence-corrected chi connectivity index (χ1v) is 7.32. The minimum absolute atomic E-state index is 0.107. The number of nitrogens with two attached hydrogens (primary N) is 1. The van der Waals surface area contributed by atoms with Crippen LogP contribution in [0.4, 0.5) is 0 Å². The number of hydrogen-bond donors (Lipinski definition) is 2. The molecule has 0 radical (unpaired) electrons. The summed E-state index contributed by atoms with van der Waals surface area (Å²) >= 11 is 0. The van der Waals surface area contributed by atoms with Gasteiger partial charge in [0.05, 0.1) is 0 Å². The Hall–Kier alpha value is -2.07. The zero-order valence-electron chi connectivity index (χ0n) is 12.6. The zero-order valence-corrected chi connectivity index (χ0v) is 12.6. The van der Waals surface area contributed by atoms with Crippen LogP contribution in [0.5, 0.6) is 5.75 Å². The van der Waals surface area contributed by atoms with Crippen molar-refractivity contribution in [3.8, 4) is 5.75 Å². The molecule has 0 aliphatic carbocycles. The van der Waals surface area contributed by atoms with Crippen LogP contribution in [0.25, 0.3) is 10.8 Å². The van der Waals surface area contributed by atoms with Crippen molar-refractivity contribution in [3.63, 3.8) is 0 Å². The lowest BCUT2D eigenvalue weighted by molar-refractivity contribution is -0.127. The third kappa shape index (κ3) is 3.52. The number of amides is 1. The van der Waals surface area contributed by atoms with E-state index >= 15 is 0 Å². The van der Waals surface area contributed by atoms with E-state index in [1.165, 1.54) is 0 Å². The molecule has 1 amide bonds. The summed E-state index contributed by atoms with van der Waals surface area (Å²) in [5.41, 5.74) is 6.79. The van der Waals surface area contributed by atoms with Gasteiger partial charge in [0.2, 0.25) is 0 Å². The van der Waals surface area contributed by atoms with Crippen molar-refractivity contribution in [2.75, 3.05) is 13.1 Å².